The van der Waals surface area contributed by atoms with Crippen molar-refractivity contribution in [2.75, 3.05) is 0 Å². The van der Waals surface area contributed by atoms with E-state index in [0.717, 1.165) is 12.8 Å². The van der Waals surface area contributed by atoms with Crippen molar-refractivity contribution in [1.82, 2.24) is 0 Å². The molecule has 0 aliphatic heterocycles. The largest absolute Gasteiger partial charge is 0.0588 e. The third-order valence-corrected chi connectivity index (χ3v) is 3.68. The second-order valence-electron chi connectivity index (χ2n) is 4.99. The van der Waals surface area contributed by atoms with Crippen molar-refractivity contribution in [3.05, 3.63) is 70.8 Å². The van der Waals surface area contributed by atoms with Crippen molar-refractivity contribution >= 4 is 0 Å². The van der Waals surface area contributed by atoms with Crippen LogP contribution in [0.2, 0.25) is 0 Å². The van der Waals surface area contributed by atoms with E-state index in [2.05, 4.69) is 48.5 Å². The summed E-state index contributed by atoms with van der Waals surface area (Å²) in [5, 5.41) is 0. The molecular weight excluding hydrogens is 204 g/mol. The fourth-order valence-corrected chi connectivity index (χ4v) is 2.53. The number of hydrogen-bond acceptors (Lipinski definition) is 0. The minimum absolute atomic E-state index is 1.15. The standard InChI is InChI=1S/C17H18/c1-2-14-4-8-16(9-5-14)12-13-17-10-6-15(3-1)7-11-17/h4-11H,1-3,12-13H2. The van der Waals surface area contributed by atoms with Gasteiger partial charge in [-0.25, -0.2) is 0 Å². The molecule has 0 heteroatoms. The molecule has 0 aromatic heterocycles. The summed E-state index contributed by atoms with van der Waals surface area (Å²) in [7, 11) is 0. The lowest BCUT2D eigenvalue weighted by molar-refractivity contribution is 0.820. The highest BCUT2D eigenvalue weighted by Gasteiger charge is 2.01. The zero-order valence-corrected chi connectivity index (χ0v) is 10.2. The Labute approximate surface area is 103 Å². The van der Waals surface area contributed by atoms with E-state index in [9.17, 15) is 0 Å². The molecular formula is C17H18. The molecule has 0 N–H and O–H groups in total. The third kappa shape index (κ3) is 2.58. The monoisotopic (exact) mass is 222 g/mol. The maximum atomic E-state index is 2.30. The molecule has 86 valence electrons. The van der Waals surface area contributed by atoms with Gasteiger partial charge >= 0.3 is 0 Å². The first-order valence-electron chi connectivity index (χ1n) is 6.56. The van der Waals surface area contributed by atoms with Crippen LogP contribution in [0.3, 0.4) is 0 Å². The molecule has 0 atom stereocenters. The highest BCUT2D eigenvalue weighted by Crippen LogP contribution is 2.15. The van der Waals surface area contributed by atoms with Crippen LogP contribution in [0.15, 0.2) is 48.5 Å². The van der Waals surface area contributed by atoms with Crippen LogP contribution in [0.25, 0.3) is 0 Å². The Kier molecular flexibility index (Phi) is 2.96. The van der Waals surface area contributed by atoms with E-state index in [4.69, 9.17) is 0 Å². The Bertz CT molecular complexity index is 429. The predicted octanol–water partition coefficient (Wildman–Crippen LogP) is 3.96. The van der Waals surface area contributed by atoms with Crippen LogP contribution < -0.4 is 0 Å². The van der Waals surface area contributed by atoms with E-state index in [1.165, 1.54) is 41.5 Å². The van der Waals surface area contributed by atoms with Gasteiger partial charge in [0.25, 0.3) is 0 Å². The molecule has 4 bridgehead atoms. The van der Waals surface area contributed by atoms with Gasteiger partial charge < -0.3 is 0 Å². The van der Waals surface area contributed by atoms with E-state index in [0.29, 0.717) is 0 Å². The Morgan fingerprint density at radius 3 is 1.06 bits per heavy atom. The topological polar surface area (TPSA) is 0 Å². The lowest BCUT2D eigenvalue weighted by Crippen LogP contribution is -1.91. The maximum absolute atomic E-state index is 2.30. The normalized spacial score (nSPS) is 15.1. The van der Waals surface area contributed by atoms with Gasteiger partial charge in [0.1, 0.15) is 0 Å². The first kappa shape index (κ1) is 10.6. The SMILES string of the molecule is c1cc2ccc1CCCc1ccc(cc1)CC2. The molecule has 2 aromatic carbocycles. The van der Waals surface area contributed by atoms with Crippen LogP contribution in [-0.2, 0) is 25.7 Å². The highest BCUT2D eigenvalue weighted by molar-refractivity contribution is 5.27. The molecule has 0 heterocycles. The minimum Gasteiger partial charge on any atom is -0.0588 e. The van der Waals surface area contributed by atoms with Crippen LogP contribution in [0, 0.1) is 0 Å². The van der Waals surface area contributed by atoms with E-state index >= 15 is 0 Å². The van der Waals surface area contributed by atoms with Crippen molar-refractivity contribution in [3.8, 4) is 0 Å². The van der Waals surface area contributed by atoms with Gasteiger partial charge in [0, 0.05) is 0 Å². The van der Waals surface area contributed by atoms with Crippen LogP contribution in [0.4, 0.5) is 0 Å². The highest BCUT2D eigenvalue weighted by atomic mass is 14.1. The van der Waals surface area contributed by atoms with E-state index in [1.807, 2.05) is 0 Å². The summed E-state index contributed by atoms with van der Waals surface area (Å²) >= 11 is 0. The van der Waals surface area contributed by atoms with Crippen molar-refractivity contribution < 1.29 is 0 Å². The van der Waals surface area contributed by atoms with Crippen molar-refractivity contribution in [2.24, 2.45) is 0 Å². The Morgan fingerprint density at radius 1 is 0.412 bits per heavy atom. The zero-order valence-electron chi connectivity index (χ0n) is 10.2. The summed E-state index contributed by atoms with van der Waals surface area (Å²) in [5.41, 5.74) is 5.86. The summed E-state index contributed by atoms with van der Waals surface area (Å²) in [6.45, 7) is 0. The van der Waals surface area contributed by atoms with Crippen molar-refractivity contribution in [3.63, 3.8) is 0 Å². The number of aryl methyl sites for hydroxylation is 4. The molecule has 17 heavy (non-hydrogen) atoms. The van der Waals surface area contributed by atoms with Crippen LogP contribution in [0.5, 0.6) is 0 Å². The summed E-state index contributed by atoms with van der Waals surface area (Å²) in [6, 6.07) is 18.4. The predicted molar refractivity (Wildman–Crippen MR) is 72.3 cm³/mol. The molecule has 0 unspecified atom stereocenters. The number of benzene rings is 2. The molecule has 0 radical (unpaired) electrons. The van der Waals surface area contributed by atoms with Crippen LogP contribution in [0.1, 0.15) is 28.7 Å². The molecule has 4 aliphatic carbocycles. The lowest BCUT2D eigenvalue weighted by atomic mass is 10.0. The summed E-state index contributed by atoms with van der Waals surface area (Å²) < 4.78 is 0. The first-order valence-corrected chi connectivity index (χ1v) is 6.56. The second-order valence-corrected chi connectivity index (χ2v) is 4.99. The Morgan fingerprint density at radius 2 is 0.706 bits per heavy atom. The molecule has 6 rings (SSSR count). The first-order chi connectivity index (χ1) is 8.40. The summed E-state index contributed by atoms with van der Waals surface area (Å²) in [4.78, 5) is 0. The second kappa shape index (κ2) is 4.75. The molecule has 0 spiro atoms. The average Bonchev–Trinajstić information content (AvgIpc) is 2.43. The van der Waals surface area contributed by atoms with Gasteiger partial charge in [-0.1, -0.05) is 48.5 Å². The van der Waals surface area contributed by atoms with Crippen LogP contribution >= 0.6 is 0 Å². The molecule has 4 aliphatic rings. The van der Waals surface area contributed by atoms with Gasteiger partial charge in [-0.15, -0.1) is 0 Å². The summed E-state index contributed by atoms with van der Waals surface area (Å²) in [5.74, 6) is 0. The fraction of sp³-hybridized carbons (Fsp3) is 0.294. The quantitative estimate of drug-likeness (QED) is 0.633. The molecule has 0 fully saturated rings. The van der Waals surface area contributed by atoms with Gasteiger partial charge in [-0.2, -0.15) is 0 Å². The van der Waals surface area contributed by atoms with Crippen LogP contribution in [-0.4, -0.2) is 0 Å². The van der Waals surface area contributed by atoms with E-state index in [1.54, 1.807) is 0 Å². The van der Waals surface area contributed by atoms with Crippen molar-refractivity contribution in [1.29, 1.82) is 0 Å². The number of rotatable bonds is 0. The maximum Gasteiger partial charge on any atom is -0.0238 e. The van der Waals surface area contributed by atoms with Gasteiger partial charge in [0.2, 0.25) is 0 Å². The van der Waals surface area contributed by atoms with Gasteiger partial charge in [-0.3, -0.25) is 0 Å². The zero-order chi connectivity index (χ0) is 11.5. The Balaban J connectivity index is 1.90. The smallest absolute Gasteiger partial charge is 0.0238 e. The molecule has 0 nitrogen and oxygen atoms in total. The molecule has 0 amide bonds. The molecule has 2 aromatic rings. The Hall–Kier alpha value is -1.56. The van der Waals surface area contributed by atoms with E-state index < -0.39 is 0 Å². The lowest BCUT2D eigenvalue weighted by Gasteiger charge is -2.03. The number of hydrogen-bond donors (Lipinski definition) is 0. The van der Waals surface area contributed by atoms with Gasteiger partial charge in [-0.05, 0) is 54.4 Å². The summed E-state index contributed by atoms with van der Waals surface area (Å²) in [6.07, 6.45) is 5.95. The minimum atomic E-state index is 1.15. The third-order valence-electron chi connectivity index (χ3n) is 3.68. The fourth-order valence-electron chi connectivity index (χ4n) is 2.53. The van der Waals surface area contributed by atoms with Gasteiger partial charge in [0.05, 0.1) is 0 Å². The van der Waals surface area contributed by atoms with E-state index in [-0.39, 0.29) is 0 Å². The molecule has 0 saturated carbocycles. The van der Waals surface area contributed by atoms with Crippen molar-refractivity contribution in [2.45, 2.75) is 32.1 Å². The average molecular weight is 222 g/mol. The van der Waals surface area contributed by atoms with Gasteiger partial charge in [0.15, 0.2) is 0 Å². The molecule has 0 saturated heterocycles.